The van der Waals surface area contributed by atoms with E-state index in [1.165, 1.54) is 12.1 Å². The van der Waals surface area contributed by atoms with E-state index >= 15 is 0 Å². The van der Waals surface area contributed by atoms with Gasteiger partial charge in [0.25, 0.3) is 10.0 Å². The third-order valence-electron chi connectivity index (χ3n) is 4.72. The van der Waals surface area contributed by atoms with Gasteiger partial charge in [0.1, 0.15) is 23.3 Å². The number of aromatic nitrogens is 3. The number of benzene rings is 2. The fourth-order valence-electron chi connectivity index (χ4n) is 3.34. The fourth-order valence-corrected chi connectivity index (χ4v) is 4.43. The number of sulfonamides is 1. The maximum Gasteiger partial charge on any atom is 0.262 e. The van der Waals surface area contributed by atoms with Crippen LogP contribution in [0.5, 0.6) is 0 Å². The quantitative estimate of drug-likeness (QED) is 0.692. The molecule has 0 saturated heterocycles. The average molecular weight is 422 g/mol. The fraction of sp³-hybridized carbons (Fsp3) is 0.263. The van der Waals surface area contributed by atoms with Crippen molar-refractivity contribution in [3.63, 3.8) is 0 Å². The van der Waals surface area contributed by atoms with Crippen molar-refractivity contribution < 1.29 is 21.6 Å². The number of anilines is 1. The van der Waals surface area contributed by atoms with Gasteiger partial charge < -0.3 is 4.57 Å². The number of rotatable bonds is 4. The first-order chi connectivity index (χ1) is 13.8. The molecule has 10 heteroatoms. The van der Waals surface area contributed by atoms with Crippen LogP contribution in [0.25, 0.3) is 11.4 Å². The summed E-state index contributed by atoms with van der Waals surface area (Å²) in [6.45, 7) is 0.648. The largest absolute Gasteiger partial charge is 0.311 e. The Balaban J connectivity index is 1.70. The van der Waals surface area contributed by atoms with Gasteiger partial charge in [-0.2, -0.15) is 0 Å². The van der Waals surface area contributed by atoms with Crippen LogP contribution in [0.4, 0.5) is 18.9 Å². The summed E-state index contributed by atoms with van der Waals surface area (Å²) >= 11 is 0. The molecule has 152 valence electrons. The van der Waals surface area contributed by atoms with Crippen molar-refractivity contribution in [1.29, 1.82) is 0 Å². The Hall–Kier alpha value is -2.88. The van der Waals surface area contributed by atoms with E-state index in [1.54, 1.807) is 0 Å². The number of nitrogens with zero attached hydrogens (tertiary/aromatic N) is 3. The number of fused-ring (bicyclic) bond motifs is 1. The SMILES string of the molecule is O=S(=O)(Nc1ccc(F)c(-c2nnc3n2CCCCC3)c1)c1cc(F)cc(F)c1. The van der Waals surface area contributed by atoms with Crippen LogP contribution in [0.2, 0.25) is 0 Å². The van der Waals surface area contributed by atoms with Gasteiger partial charge in [-0.05, 0) is 43.2 Å². The molecule has 2 aromatic carbocycles. The molecule has 3 aromatic rings. The summed E-state index contributed by atoms with van der Waals surface area (Å²) in [5.41, 5.74) is 0.133. The van der Waals surface area contributed by atoms with Crippen molar-refractivity contribution in [3.8, 4) is 11.4 Å². The molecule has 29 heavy (non-hydrogen) atoms. The molecule has 0 unspecified atom stereocenters. The van der Waals surface area contributed by atoms with Gasteiger partial charge in [-0.15, -0.1) is 10.2 Å². The Bertz CT molecular complexity index is 1160. The molecule has 1 N–H and O–H groups in total. The molecule has 6 nitrogen and oxygen atoms in total. The monoisotopic (exact) mass is 422 g/mol. The van der Waals surface area contributed by atoms with E-state index < -0.39 is 32.4 Å². The molecule has 0 aliphatic carbocycles. The van der Waals surface area contributed by atoms with Crippen LogP contribution in [0.1, 0.15) is 25.1 Å². The first-order valence-corrected chi connectivity index (χ1v) is 10.5. The molecule has 2 heterocycles. The van der Waals surface area contributed by atoms with E-state index in [0.29, 0.717) is 30.6 Å². The highest BCUT2D eigenvalue weighted by Crippen LogP contribution is 2.28. The van der Waals surface area contributed by atoms with Crippen molar-refractivity contribution in [2.75, 3.05) is 4.72 Å². The smallest absolute Gasteiger partial charge is 0.262 e. The van der Waals surface area contributed by atoms with Crippen molar-refractivity contribution in [1.82, 2.24) is 14.8 Å². The predicted molar refractivity (Wildman–Crippen MR) is 100 cm³/mol. The van der Waals surface area contributed by atoms with E-state index in [0.717, 1.165) is 37.6 Å². The van der Waals surface area contributed by atoms with Crippen LogP contribution < -0.4 is 4.72 Å². The first kappa shape index (κ1) is 19.4. The molecule has 0 saturated carbocycles. The van der Waals surface area contributed by atoms with Crippen LogP contribution in [0.15, 0.2) is 41.3 Å². The summed E-state index contributed by atoms with van der Waals surface area (Å²) in [5, 5.41) is 8.22. The van der Waals surface area contributed by atoms with Gasteiger partial charge >= 0.3 is 0 Å². The molecule has 0 radical (unpaired) electrons. The molecule has 1 aromatic heterocycles. The lowest BCUT2D eigenvalue weighted by atomic mass is 10.1. The molecule has 4 rings (SSSR count). The van der Waals surface area contributed by atoms with Crippen molar-refractivity contribution in [2.24, 2.45) is 0 Å². The van der Waals surface area contributed by atoms with Crippen LogP contribution in [0, 0.1) is 17.5 Å². The lowest BCUT2D eigenvalue weighted by molar-refractivity contribution is 0.568. The Morgan fingerprint density at radius 1 is 0.931 bits per heavy atom. The van der Waals surface area contributed by atoms with E-state index in [4.69, 9.17) is 0 Å². The van der Waals surface area contributed by atoms with Gasteiger partial charge in [0.05, 0.1) is 10.5 Å². The van der Waals surface area contributed by atoms with Gasteiger partial charge in [-0.1, -0.05) is 6.42 Å². The molecule has 0 spiro atoms. The zero-order valence-electron chi connectivity index (χ0n) is 15.2. The second-order valence-electron chi connectivity index (χ2n) is 6.81. The summed E-state index contributed by atoms with van der Waals surface area (Å²) in [6.07, 6.45) is 3.67. The molecular weight excluding hydrogens is 405 g/mol. The topological polar surface area (TPSA) is 76.9 Å². The van der Waals surface area contributed by atoms with E-state index in [-0.39, 0.29) is 11.3 Å². The summed E-state index contributed by atoms with van der Waals surface area (Å²) in [7, 11) is -4.28. The highest BCUT2D eigenvalue weighted by atomic mass is 32.2. The highest BCUT2D eigenvalue weighted by molar-refractivity contribution is 7.92. The first-order valence-electron chi connectivity index (χ1n) is 9.04. The van der Waals surface area contributed by atoms with Crippen molar-refractivity contribution in [2.45, 2.75) is 37.1 Å². The summed E-state index contributed by atoms with van der Waals surface area (Å²) in [4.78, 5) is -0.572. The lowest BCUT2D eigenvalue weighted by Crippen LogP contribution is -2.14. The standard InChI is InChI=1S/C19H17F3N4O2S/c20-12-8-13(21)10-15(9-12)29(27,28)25-14-5-6-17(22)16(11-14)19-24-23-18-4-2-1-3-7-26(18)19/h5-6,8-11,25H,1-4,7H2. The Kier molecular flexibility index (Phi) is 5.03. The lowest BCUT2D eigenvalue weighted by Gasteiger charge is -2.12. The molecule has 1 aliphatic heterocycles. The van der Waals surface area contributed by atoms with Crippen LogP contribution in [-0.4, -0.2) is 23.2 Å². The molecule has 0 amide bonds. The van der Waals surface area contributed by atoms with Crippen LogP contribution in [0.3, 0.4) is 0 Å². The summed E-state index contributed by atoms with van der Waals surface area (Å²) in [5.74, 6) is -1.53. The Morgan fingerprint density at radius 3 is 2.45 bits per heavy atom. The van der Waals surface area contributed by atoms with Crippen molar-refractivity contribution >= 4 is 15.7 Å². The maximum absolute atomic E-state index is 14.5. The second kappa shape index (κ2) is 7.51. The number of hydrogen-bond donors (Lipinski definition) is 1. The molecule has 0 bridgehead atoms. The van der Waals surface area contributed by atoms with Crippen LogP contribution >= 0.6 is 0 Å². The average Bonchev–Trinajstić information content (AvgIpc) is 2.90. The van der Waals surface area contributed by atoms with Gasteiger partial charge in [0.15, 0.2) is 5.82 Å². The number of nitrogens with one attached hydrogen (secondary N) is 1. The predicted octanol–water partition coefficient (Wildman–Crippen LogP) is 3.89. The normalized spacial score (nSPS) is 14.3. The Morgan fingerprint density at radius 2 is 1.69 bits per heavy atom. The van der Waals surface area contributed by atoms with Gasteiger partial charge in [-0.3, -0.25) is 4.72 Å². The highest BCUT2D eigenvalue weighted by Gasteiger charge is 2.21. The zero-order chi connectivity index (χ0) is 20.6. The van der Waals surface area contributed by atoms with E-state index in [1.807, 2.05) is 4.57 Å². The Labute approximate surface area is 165 Å². The molecule has 0 fully saturated rings. The third kappa shape index (κ3) is 3.98. The second-order valence-corrected chi connectivity index (χ2v) is 8.49. The summed E-state index contributed by atoms with van der Waals surface area (Å²) in [6, 6.07) is 5.61. The van der Waals surface area contributed by atoms with Gasteiger partial charge in [0.2, 0.25) is 0 Å². The van der Waals surface area contributed by atoms with E-state index in [2.05, 4.69) is 14.9 Å². The third-order valence-corrected chi connectivity index (χ3v) is 6.08. The van der Waals surface area contributed by atoms with Gasteiger partial charge in [0, 0.05) is 24.7 Å². The minimum absolute atomic E-state index is 0.0389. The molecular formula is C19H17F3N4O2S. The summed E-state index contributed by atoms with van der Waals surface area (Å²) < 4.78 is 70.4. The number of hydrogen-bond acceptors (Lipinski definition) is 4. The maximum atomic E-state index is 14.5. The molecule has 1 aliphatic rings. The number of halogens is 3. The van der Waals surface area contributed by atoms with Gasteiger partial charge in [-0.25, -0.2) is 21.6 Å². The minimum atomic E-state index is -4.28. The number of aryl methyl sites for hydroxylation is 1. The van der Waals surface area contributed by atoms with Crippen LogP contribution in [-0.2, 0) is 23.0 Å². The van der Waals surface area contributed by atoms with Crippen molar-refractivity contribution in [3.05, 3.63) is 59.7 Å². The minimum Gasteiger partial charge on any atom is -0.311 e. The molecule has 0 atom stereocenters. The zero-order valence-corrected chi connectivity index (χ0v) is 16.0. The van der Waals surface area contributed by atoms with E-state index in [9.17, 15) is 21.6 Å².